The summed E-state index contributed by atoms with van der Waals surface area (Å²) in [7, 11) is -3.72. The molecule has 2 aromatic rings. The van der Waals surface area contributed by atoms with Crippen molar-refractivity contribution in [2.75, 3.05) is 22.5 Å². The van der Waals surface area contributed by atoms with Crippen molar-refractivity contribution in [3.05, 3.63) is 59.1 Å². The van der Waals surface area contributed by atoms with Gasteiger partial charge in [0.05, 0.1) is 29.1 Å². The smallest absolute Gasteiger partial charge is 0.339 e. The largest absolute Gasteiger partial charge is 0.462 e. The molecule has 29 heavy (non-hydrogen) atoms. The Morgan fingerprint density at radius 3 is 2.34 bits per heavy atom. The first-order chi connectivity index (χ1) is 13.7. The predicted molar refractivity (Wildman–Crippen MR) is 114 cm³/mol. The Hall–Kier alpha value is -2.58. The van der Waals surface area contributed by atoms with Gasteiger partial charge < -0.3 is 10.1 Å². The Morgan fingerprint density at radius 2 is 1.79 bits per heavy atom. The fourth-order valence-electron chi connectivity index (χ4n) is 2.83. The summed E-state index contributed by atoms with van der Waals surface area (Å²) in [5, 5.41) is 2.86. The second-order valence-electron chi connectivity index (χ2n) is 6.22. The molecule has 2 rings (SSSR count). The molecule has 7 nitrogen and oxygen atoms in total. The monoisotopic (exact) mass is 438 g/mol. The third-order valence-corrected chi connectivity index (χ3v) is 5.58. The third kappa shape index (κ3) is 5.71. The molecule has 156 valence electrons. The molecular weight excluding hydrogens is 416 g/mol. The molecular formula is C20H23ClN2O5S. The van der Waals surface area contributed by atoms with Crippen molar-refractivity contribution in [2.45, 2.75) is 26.3 Å². The zero-order valence-electron chi connectivity index (χ0n) is 16.4. The third-order valence-electron chi connectivity index (χ3n) is 4.07. The molecule has 0 bridgehead atoms. The summed E-state index contributed by atoms with van der Waals surface area (Å²) in [6, 6.07) is 11.8. The summed E-state index contributed by atoms with van der Waals surface area (Å²) in [4.78, 5) is 24.9. The zero-order valence-corrected chi connectivity index (χ0v) is 18.0. The number of amides is 1. The number of para-hydroxylation sites is 1. The van der Waals surface area contributed by atoms with Crippen LogP contribution in [0, 0.1) is 0 Å². The van der Waals surface area contributed by atoms with E-state index in [2.05, 4.69) is 5.32 Å². The number of halogens is 1. The maximum atomic E-state index is 12.9. The highest BCUT2D eigenvalue weighted by Gasteiger charge is 2.31. The van der Waals surface area contributed by atoms with Crippen LogP contribution < -0.4 is 9.62 Å². The van der Waals surface area contributed by atoms with Crippen LogP contribution in [0.3, 0.4) is 0 Å². The Kier molecular flexibility index (Phi) is 7.64. The van der Waals surface area contributed by atoms with Crippen molar-refractivity contribution >= 4 is 44.9 Å². The standard InChI is InChI=1S/C20H23ClN2O5S/c1-4-18(23(29(3,26)27)15-9-7-6-8-10-15)19(24)22-14-11-12-17(21)16(13-14)20(25)28-5-2/h6-13,18H,4-5H2,1-3H3,(H,22,24)/t18-/m1/s1. The van der Waals surface area contributed by atoms with Crippen LogP contribution in [0.25, 0.3) is 0 Å². The summed E-state index contributed by atoms with van der Waals surface area (Å²) in [5.41, 5.74) is 0.810. The molecule has 0 radical (unpaired) electrons. The van der Waals surface area contributed by atoms with E-state index in [1.165, 1.54) is 18.2 Å². The normalized spacial score (nSPS) is 12.1. The lowest BCUT2D eigenvalue weighted by Crippen LogP contribution is -2.47. The van der Waals surface area contributed by atoms with Crippen molar-refractivity contribution in [1.82, 2.24) is 0 Å². The van der Waals surface area contributed by atoms with Gasteiger partial charge in [0.15, 0.2) is 0 Å². The van der Waals surface area contributed by atoms with Gasteiger partial charge in [0.2, 0.25) is 15.9 Å². The minimum Gasteiger partial charge on any atom is -0.462 e. The van der Waals surface area contributed by atoms with E-state index in [0.717, 1.165) is 10.6 Å². The van der Waals surface area contributed by atoms with E-state index < -0.39 is 27.9 Å². The molecule has 1 N–H and O–H groups in total. The van der Waals surface area contributed by atoms with E-state index in [4.69, 9.17) is 16.3 Å². The van der Waals surface area contributed by atoms with Gasteiger partial charge in [-0.2, -0.15) is 0 Å². The average molecular weight is 439 g/mol. The van der Waals surface area contributed by atoms with Gasteiger partial charge in [0.25, 0.3) is 0 Å². The van der Waals surface area contributed by atoms with E-state index in [1.807, 2.05) is 0 Å². The number of hydrogen-bond acceptors (Lipinski definition) is 5. The molecule has 0 saturated carbocycles. The minimum atomic E-state index is -3.72. The molecule has 2 aromatic carbocycles. The number of anilines is 2. The van der Waals surface area contributed by atoms with Crippen molar-refractivity contribution < 1.29 is 22.7 Å². The van der Waals surface area contributed by atoms with Gasteiger partial charge >= 0.3 is 5.97 Å². The maximum absolute atomic E-state index is 12.9. The van der Waals surface area contributed by atoms with Crippen LogP contribution in [0.4, 0.5) is 11.4 Å². The molecule has 0 saturated heterocycles. The molecule has 0 unspecified atom stereocenters. The van der Waals surface area contributed by atoms with Crippen molar-refractivity contribution in [3.8, 4) is 0 Å². The molecule has 0 spiro atoms. The number of esters is 1. The molecule has 1 atom stereocenters. The lowest BCUT2D eigenvalue weighted by Gasteiger charge is -2.30. The van der Waals surface area contributed by atoms with Gasteiger partial charge in [-0.15, -0.1) is 0 Å². The fourth-order valence-corrected chi connectivity index (χ4v) is 4.24. The number of nitrogens with zero attached hydrogens (tertiary/aromatic N) is 1. The first-order valence-electron chi connectivity index (χ1n) is 9.01. The van der Waals surface area contributed by atoms with Crippen LogP contribution in [0.2, 0.25) is 5.02 Å². The highest BCUT2D eigenvalue weighted by Crippen LogP contribution is 2.25. The van der Waals surface area contributed by atoms with Gasteiger partial charge in [-0.3, -0.25) is 9.10 Å². The van der Waals surface area contributed by atoms with Crippen LogP contribution in [0.5, 0.6) is 0 Å². The highest BCUT2D eigenvalue weighted by molar-refractivity contribution is 7.92. The fraction of sp³-hybridized carbons (Fsp3) is 0.300. The molecule has 0 aromatic heterocycles. The number of carbonyl (C=O) groups excluding carboxylic acids is 2. The maximum Gasteiger partial charge on any atom is 0.339 e. The van der Waals surface area contributed by atoms with Crippen LogP contribution >= 0.6 is 11.6 Å². The van der Waals surface area contributed by atoms with Gasteiger partial charge in [-0.1, -0.05) is 36.7 Å². The second kappa shape index (κ2) is 9.76. The van der Waals surface area contributed by atoms with Gasteiger partial charge in [-0.05, 0) is 43.7 Å². The Labute approximate surface area is 175 Å². The average Bonchev–Trinajstić information content (AvgIpc) is 2.67. The van der Waals surface area contributed by atoms with E-state index in [0.29, 0.717) is 11.4 Å². The lowest BCUT2D eigenvalue weighted by atomic mass is 10.1. The van der Waals surface area contributed by atoms with E-state index >= 15 is 0 Å². The quantitative estimate of drug-likeness (QED) is 0.634. The van der Waals surface area contributed by atoms with Crippen LogP contribution in [-0.4, -0.2) is 39.2 Å². The number of sulfonamides is 1. The van der Waals surface area contributed by atoms with Crippen LogP contribution in [0.1, 0.15) is 30.6 Å². The molecule has 0 fully saturated rings. The summed E-state index contributed by atoms with van der Waals surface area (Å²) >= 11 is 6.04. The minimum absolute atomic E-state index is 0.113. The molecule has 0 aliphatic rings. The Bertz CT molecular complexity index is 980. The summed E-state index contributed by atoms with van der Waals surface area (Å²) in [6.07, 6.45) is 1.29. The van der Waals surface area contributed by atoms with Crippen molar-refractivity contribution in [3.63, 3.8) is 0 Å². The molecule has 0 aliphatic heterocycles. The van der Waals surface area contributed by atoms with E-state index in [-0.39, 0.29) is 23.6 Å². The number of carbonyl (C=O) groups is 2. The van der Waals surface area contributed by atoms with Crippen molar-refractivity contribution in [1.29, 1.82) is 0 Å². The summed E-state index contributed by atoms with van der Waals surface area (Å²) in [5.74, 6) is -1.14. The van der Waals surface area contributed by atoms with E-state index in [1.54, 1.807) is 44.2 Å². The lowest BCUT2D eigenvalue weighted by molar-refractivity contribution is -0.117. The summed E-state index contributed by atoms with van der Waals surface area (Å²) < 4.78 is 30.9. The van der Waals surface area contributed by atoms with E-state index in [9.17, 15) is 18.0 Å². The SMILES string of the molecule is CCOC(=O)c1cc(NC(=O)[C@@H](CC)N(c2ccccc2)S(C)(=O)=O)ccc1Cl. The molecule has 0 aliphatic carbocycles. The first kappa shape index (κ1) is 22.7. The number of nitrogens with one attached hydrogen (secondary N) is 1. The van der Waals surface area contributed by atoms with Gasteiger partial charge in [0, 0.05) is 5.69 Å². The molecule has 9 heteroatoms. The first-order valence-corrected chi connectivity index (χ1v) is 11.2. The van der Waals surface area contributed by atoms with Crippen molar-refractivity contribution in [2.24, 2.45) is 0 Å². The Balaban J connectivity index is 2.34. The van der Waals surface area contributed by atoms with Gasteiger partial charge in [0.1, 0.15) is 6.04 Å². The topological polar surface area (TPSA) is 92.8 Å². The molecule has 0 heterocycles. The number of benzene rings is 2. The second-order valence-corrected chi connectivity index (χ2v) is 8.49. The zero-order chi connectivity index (χ0) is 21.6. The molecule has 1 amide bonds. The van der Waals surface area contributed by atoms with Crippen LogP contribution in [-0.2, 0) is 19.6 Å². The Morgan fingerprint density at radius 1 is 1.14 bits per heavy atom. The van der Waals surface area contributed by atoms with Gasteiger partial charge in [-0.25, -0.2) is 13.2 Å². The van der Waals surface area contributed by atoms with Crippen LogP contribution in [0.15, 0.2) is 48.5 Å². The number of ether oxygens (including phenoxy) is 1. The number of rotatable bonds is 8. The predicted octanol–water partition coefficient (Wildman–Crippen LogP) is 3.70. The number of hydrogen-bond donors (Lipinski definition) is 1. The highest BCUT2D eigenvalue weighted by atomic mass is 35.5. The summed E-state index contributed by atoms with van der Waals surface area (Å²) in [6.45, 7) is 3.58.